The van der Waals surface area contributed by atoms with Gasteiger partial charge in [-0.2, -0.15) is 0 Å². The van der Waals surface area contributed by atoms with Crippen LogP contribution in [0.2, 0.25) is 0 Å². The molecule has 18 heavy (non-hydrogen) atoms. The molecule has 0 aliphatic carbocycles. The van der Waals surface area contributed by atoms with Gasteiger partial charge in [-0.3, -0.25) is 0 Å². The van der Waals surface area contributed by atoms with Gasteiger partial charge in [-0.05, 0) is 42.5 Å². The Morgan fingerprint density at radius 1 is 1.06 bits per heavy atom. The average Bonchev–Trinajstić information content (AvgIpc) is 2.40. The third-order valence-electron chi connectivity index (χ3n) is 2.83. The highest BCUT2D eigenvalue weighted by molar-refractivity contribution is 5.66. The zero-order chi connectivity index (χ0) is 13.2. The van der Waals surface area contributed by atoms with Gasteiger partial charge in [0.05, 0.1) is 0 Å². The predicted octanol–water partition coefficient (Wildman–Crippen LogP) is 5.43. The zero-order valence-corrected chi connectivity index (χ0v) is 11.9. The highest BCUT2D eigenvalue weighted by atomic mass is 14.0. The maximum Gasteiger partial charge on any atom is 0.0245 e. The predicted molar refractivity (Wildman–Crippen MR) is 81.4 cm³/mol. The molecule has 0 aliphatic heterocycles. The monoisotopic (exact) mass is 240 g/mol. The molecule has 0 saturated carbocycles. The lowest BCUT2D eigenvalue weighted by Gasteiger charge is -2.06. The van der Waals surface area contributed by atoms with E-state index in [-0.39, 0.29) is 0 Å². The fraction of sp³-hybridized carbons (Fsp3) is 0.444. The zero-order valence-electron chi connectivity index (χ0n) is 11.9. The lowest BCUT2D eigenvalue weighted by Crippen LogP contribution is -1.85. The Morgan fingerprint density at radius 3 is 2.33 bits per heavy atom. The average molecular weight is 240 g/mol. The highest BCUT2D eigenvalue weighted by Crippen LogP contribution is 2.20. The smallest absolute Gasteiger partial charge is 0.0245 e. The molecular weight excluding hydrogens is 216 g/mol. The fourth-order valence-electron chi connectivity index (χ4n) is 1.94. The van der Waals surface area contributed by atoms with Crippen molar-refractivity contribution >= 4 is 5.57 Å². The second-order valence-electron chi connectivity index (χ2n) is 4.52. The number of allylic oxidation sites excluding steroid dienone is 2. The molecular formula is C18H24. The minimum Gasteiger partial charge on any atom is -0.0979 e. The second-order valence-corrected chi connectivity index (χ2v) is 4.52. The molecule has 0 heteroatoms. The highest BCUT2D eigenvalue weighted by Gasteiger charge is 1.99. The van der Waals surface area contributed by atoms with E-state index in [1.807, 2.05) is 0 Å². The summed E-state index contributed by atoms with van der Waals surface area (Å²) in [6.45, 7) is 6.58. The quantitative estimate of drug-likeness (QED) is 0.602. The van der Waals surface area contributed by atoms with Crippen LogP contribution in [0.5, 0.6) is 0 Å². The van der Waals surface area contributed by atoms with Gasteiger partial charge in [0.15, 0.2) is 0 Å². The van der Waals surface area contributed by atoms with Gasteiger partial charge in [0.25, 0.3) is 0 Å². The van der Waals surface area contributed by atoms with Crippen LogP contribution in [-0.2, 0) is 0 Å². The van der Waals surface area contributed by atoms with Crippen molar-refractivity contribution in [3.05, 3.63) is 41.5 Å². The van der Waals surface area contributed by atoms with Gasteiger partial charge in [-0.1, -0.05) is 57.2 Å². The molecule has 96 valence electrons. The summed E-state index contributed by atoms with van der Waals surface area (Å²) >= 11 is 0. The van der Waals surface area contributed by atoms with Crippen LogP contribution in [0.25, 0.3) is 5.57 Å². The maximum absolute atomic E-state index is 3.21. The number of rotatable bonds is 5. The molecule has 0 saturated heterocycles. The van der Waals surface area contributed by atoms with Crippen LogP contribution in [0, 0.1) is 11.8 Å². The van der Waals surface area contributed by atoms with E-state index in [4.69, 9.17) is 0 Å². The number of unbranched alkanes of at least 4 members (excludes halogenated alkanes) is 1. The number of benzene rings is 1. The van der Waals surface area contributed by atoms with Gasteiger partial charge in [0.1, 0.15) is 0 Å². The van der Waals surface area contributed by atoms with E-state index in [0.29, 0.717) is 0 Å². The summed E-state index contributed by atoms with van der Waals surface area (Å²) in [5.41, 5.74) is 3.94. The summed E-state index contributed by atoms with van der Waals surface area (Å²) < 4.78 is 0. The first-order valence-electron chi connectivity index (χ1n) is 7.10. The second kappa shape index (κ2) is 8.59. The molecule has 0 atom stereocenters. The molecule has 0 spiro atoms. The van der Waals surface area contributed by atoms with Crippen LogP contribution < -0.4 is 0 Å². The third-order valence-corrected chi connectivity index (χ3v) is 2.83. The number of hydrogen-bond donors (Lipinski definition) is 0. The van der Waals surface area contributed by atoms with E-state index >= 15 is 0 Å². The van der Waals surface area contributed by atoms with Gasteiger partial charge in [-0.25, -0.2) is 0 Å². The van der Waals surface area contributed by atoms with Crippen molar-refractivity contribution in [1.82, 2.24) is 0 Å². The summed E-state index contributed by atoms with van der Waals surface area (Å²) in [5, 5.41) is 0. The molecule has 0 N–H and O–H groups in total. The summed E-state index contributed by atoms with van der Waals surface area (Å²) in [6.07, 6.45) is 7.91. The van der Waals surface area contributed by atoms with Gasteiger partial charge in [0, 0.05) is 12.0 Å². The lowest BCUT2D eigenvalue weighted by atomic mass is 9.99. The van der Waals surface area contributed by atoms with Crippen molar-refractivity contribution in [2.75, 3.05) is 0 Å². The SMILES string of the molecule is CC/C=C(\CCC)c1ccc(C#CCCC)cc1. The summed E-state index contributed by atoms with van der Waals surface area (Å²) in [4.78, 5) is 0. The Labute approximate surface area is 112 Å². The molecule has 0 bridgehead atoms. The van der Waals surface area contributed by atoms with E-state index in [1.54, 1.807) is 0 Å². The van der Waals surface area contributed by atoms with Crippen LogP contribution in [0.15, 0.2) is 30.3 Å². The van der Waals surface area contributed by atoms with Crippen molar-refractivity contribution in [2.45, 2.75) is 52.9 Å². The Hall–Kier alpha value is -1.48. The van der Waals surface area contributed by atoms with Crippen molar-refractivity contribution in [3.63, 3.8) is 0 Å². The largest absolute Gasteiger partial charge is 0.0979 e. The van der Waals surface area contributed by atoms with Crippen molar-refractivity contribution in [3.8, 4) is 11.8 Å². The van der Waals surface area contributed by atoms with Crippen LogP contribution in [0.3, 0.4) is 0 Å². The van der Waals surface area contributed by atoms with E-state index in [9.17, 15) is 0 Å². The first-order valence-corrected chi connectivity index (χ1v) is 7.10. The number of hydrogen-bond acceptors (Lipinski definition) is 0. The summed E-state index contributed by atoms with van der Waals surface area (Å²) in [6, 6.07) is 8.68. The van der Waals surface area contributed by atoms with Crippen LogP contribution >= 0.6 is 0 Å². The normalized spacial score (nSPS) is 10.9. The van der Waals surface area contributed by atoms with Crippen molar-refractivity contribution in [2.24, 2.45) is 0 Å². The minimum atomic E-state index is 0.985. The minimum absolute atomic E-state index is 0.985. The topological polar surface area (TPSA) is 0 Å². The first kappa shape index (κ1) is 14.6. The van der Waals surface area contributed by atoms with Gasteiger partial charge < -0.3 is 0 Å². The molecule has 1 aromatic carbocycles. The molecule has 0 aromatic heterocycles. The van der Waals surface area contributed by atoms with Gasteiger partial charge >= 0.3 is 0 Å². The third kappa shape index (κ3) is 4.80. The molecule has 0 amide bonds. The van der Waals surface area contributed by atoms with E-state index in [0.717, 1.165) is 31.2 Å². The molecule has 0 nitrogen and oxygen atoms in total. The standard InChI is InChI=1S/C18H24/c1-4-7-8-11-16-12-14-18(15-13-16)17(9-5-2)10-6-3/h9,12-15H,4-7,10H2,1-3H3/b17-9+. The van der Waals surface area contributed by atoms with E-state index in [2.05, 4.69) is 63.0 Å². The Balaban J connectivity index is 2.81. The van der Waals surface area contributed by atoms with Crippen LogP contribution in [0.1, 0.15) is 64.0 Å². The summed E-state index contributed by atoms with van der Waals surface area (Å²) in [7, 11) is 0. The summed E-state index contributed by atoms with van der Waals surface area (Å²) in [5.74, 6) is 6.39. The Kier molecular flexibility index (Phi) is 6.96. The molecule has 0 aliphatic rings. The van der Waals surface area contributed by atoms with Gasteiger partial charge in [0.2, 0.25) is 0 Å². The van der Waals surface area contributed by atoms with Gasteiger partial charge in [-0.15, -0.1) is 0 Å². The van der Waals surface area contributed by atoms with Crippen LogP contribution in [-0.4, -0.2) is 0 Å². The molecule has 0 heterocycles. The lowest BCUT2D eigenvalue weighted by molar-refractivity contribution is 0.967. The molecule has 0 unspecified atom stereocenters. The molecule has 0 radical (unpaired) electrons. The Morgan fingerprint density at radius 2 is 1.78 bits per heavy atom. The molecule has 1 aromatic rings. The van der Waals surface area contributed by atoms with Crippen LogP contribution in [0.4, 0.5) is 0 Å². The van der Waals surface area contributed by atoms with Crippen molar-refractivity contribution in [1.29, 1.82) is 0 Å². The molecule has 0 fully saturated rings. The fourth-order valence-corrected chi connectivity index (χ4v) is 1.94. The van der Waals surface area contributed by atoms with Crippen molar-refractivity contribution < 1.29 is 0 Å². The maximum atomic E-state index is 3.21. The Bertz CT molecular complexity index is 423. The molecule has 1 rings (SSSR count). The van der Waals surface area contributed by atoms with E-state index in [1.165, 1.54) is 17.6 Å². The van der Waals surface area contributed by atoms with E-state index < -0.39 is 0 Å². The first-order chi connectivity index (χ1) is 8.81.